The van der Waals surface area contributed by atoms with Crippen molar-refractivity contribution >= 4 is 11.9 Å². The summed E-state index contributed by atoms with van der Waals surface area (Å²) in [7, 11) is 0. The molecule has 19 heavy (non-hydrogen) atoms. The average molecular weight is 261 g/mol. The molecule has 4 heteroatoms. The second-order valence-electron chi connectivity index (χ2n) is 5.13. The number of aryl methyl sites for hydroxylation is 1. The molecular formula is C15H19NO3. The molecule has 1 fully saturated rings. The Hall–Kier alpha value is -1.84. The van der Waals surface area contributed by atoms with Crippen molar-refractivity contribution in [3.8, 4) is 0 Å². The standard InChI is InChI=1S/C15H19NO3/c1-3-16(10-12-7-5-4-6-11(12)2)13(17)15(8-9-15)14(18)19/h4-7H,3,8-10H2,1-2H3,(H,18,19). The normalized spacial score (nSPS) is 15.9. The highest BCUT2D eigenvalue weighted by Crippen LogP contribution is 2.47. The van der Waals surface area contributed by atoms with Crippen molar-refractivity contribution in [3.05, 3.63) is 35.4 Å². The lowest BCUT2D eigenvalue weighted by molar-refractivity contribution is -0.153. The molecule has 0 aromatic heterocycles. The van der Waals surface area contributed by atoms with Crippen LogP contribution in [-0.4, -0.2) is 28.4 Å². The fourth-order valence-electron chi connectivity index (χ4n) is 2.27. The predicted molar refractivity (Wildman–Crippen MR) is 71.6 cm³/mol. The zero-order chi connectivity index (χ0) is 14.0. The van der Waals surface area contributed by atoms with Crippen molar-refractivity contribution in [2.24, 2.45) is 5.41 Å². The Labute approximate surface area is 113 Å². The lowest BCUT2D eigenvalue weighted by Crippen LogP contribution is -2.40. The Balaban J connectivity index is 2.16. The van der Waals surface area contributed by atoms with Gasteiger partial charge >= 0.3 is 5.97 Å². The smallest absolute Gasteiger partial charge is 0.319 e. The molecule has 1 N–H and O–H groups in total. The van der Waals surface area contributed by atoms with Crippen LogP contribution < -0.4 is 0 Å². The predicted octanol–water partition coefficient (Wildman–Crippen LogP) is 2.21. The maximum atomic E-state index is 12.4. The first-order chi connectivity index (χ1) is 9.01. The minimum atomic E-state index is -1.14. The van der Waals surface area contributed by atoms with Gasteiger partial charge in [-0.2, -0.15) is 0 Å². The van der Waals surface area contributed by atoms with Crippen LogP contribution in [0.1, 0.15) is 30.9 Å². The highest BCUT2D eigenvalue weighted by molar-refractivity contribution is 6.04. The Morgan fingerprint density at radius 2 is 1.95 bits per heavy atom. The zero-order valence-electron chi connectivity index (χ0n) is 11.3. The van der Waals surface area contributed by atoms with E-state index in [-0.39, 0.29) is 5.91 Å². The van der Waals surface area contributed by atoms with Crippen molar-refractivity contribution in [3.63, 3.8) is 0 Å². The van der Waals surface area contributed by atoms with Crippen molar-refractivity contribution in [2.75, 3.05) is 6.54 Å². The Morgan fingerprint density at radius 3 is 2.42 bits per heavy atom. The van der Waals surface area contributed by atoms with Gasteiger partial charge in [0.2, 0.25) is 5.91 Å². The summed E-state index contributed by atoms with van der Waals surface area (Å²) < 4.78 is 0. The second kappa shape index (κ2) is 5.03. The molecule has 102 valence electrons. The third-order valence-electron chi connectivity index (χ3n) is 3.86. The van der Waals surface area contributed by atoms with Crippen LogP contribution in [0.25, 0.3) is 0 Å². The molecule has 1 aliphatic carbocycles. The topological polar surface area (TPSA) is 57.6 Å². The van der Waals surface area contributed by atoms with E-state index in [9.17, 15) is 14.7 Å². The third-order valence-corrected chi connectivity index (χ3v) is 3.86. The number of carbonyl (C=O) groups excluding carboxylic acids is 1. The van der Waals surface area contributed by atoms with Gasteiger partial charge in [-0.3, -0.25) is 9.59 Å². The molecule has 0 unspecified atom stereocenters. The molecule has 1 saturated carbocycles. The fraction of sp³-hybridized carbons (Fsp3) is 0.467. The first kappa shape index (κ1) is 13.6. The molecule has 0 atom stereocenters. The van der Waals surface area contributed by atoms with Gasteiger partial charge < -0.3 is 10.0 Å². The van der Waals surface area contributed by atoms with E-state index in [2.05, 4.69) is 0 Å². The van der Waals surface area contributed by atoms with Crippen LogP contribution in [0.15, 0.2) is 24.3 Å². The number of hydrogen-bond donors (Lipinski definition) is 1. The van der Waals surface area contributed by atoms with E-state index in [0.29, 0.717) is 25.9 Å². The number of benzene rings is 1. The average Bonchev–Trinajstić information content (AvgIpc) is 3.18. The van der Waals surface area contributed by atoms with Gasteiger partial charge in [-0.1, -0.05) is 24.3 Å². The van der Waals surface area contributed by atoms with Crippen LogP contribution in [0.4, 0.5) is 0 Å². The number of amides is 1. The number of carboxylic acids is 1. The molecule has 1 aromatic rings. The van der Waals surface area contributed by atoms with Gasteiger partial charge in [-0.25, -0.2) is 0 Å². The maximum absolute atomic E-state index is 12.4. The van der Waals surface area contributed by atoms with E-state index in [1.807, 2.05) is 38.1 Å². The highest BCUT2D eigenvalue weighted by atomic mass is 16.4. The van der Waals surface area contributed by atoms with Gasteiger partial charge in [0.1, 0.15) is 5.41 Å². The quantitative estimate of drug-likeness (QED) is 0.827. The summed E-state index contributed by atoms with van der Waals surface area (Å²) in [4.78, 5) is 25.2. The minimum absolute atomic E-state index is 0.245. The van der Waals surface area contributed by atoms with Gasteiger partial charge in [-0.05, 0) is 37.8 Å². The zero-order valence-corrected chi connectivity index (χ0v) is 11.3. The van der Waals surface area contributed by atoms with Crippen LogP contribution in [0.2, 0.25) is 0 Å². The molecular weight excluding hydrogens is 242 g/mol. The van der Waals surface area contributed by atoms with Gasteiger partial charge in [0.15, 0.2) is 0 Å². The monoisotopic (exact) mass is 261 g/mol. The maximum Gasteiger partial charge on any atom is 0.319 e. The molecule has 1 aromatic carbocycles. The highest BCUT2D eigenvalue weighted by Gasteiger charge is 2.58. The number of carbonyl (C=O) groups is 2. The summed E-state index contributed by atoms with van der Waals surface area (Å²) >= 11 is 0. The Kier molecular flexibility index (Phi) is 3.60. The molecule has 0 saturated heterocycles. The summed E-state index contributed by atoms with van der Waals surface area (Å²) in [6.07, 6.45) is 0.927. The second-order valence-corrected chi connectivity index (χ2v) is 5.13. The van der Waals surface area contributed by atoms with E-state index in [4.69, 9.17) is 0 Å². The number of carboxylic acid groups (broad SMARTS) is 1. The number of aliphatic carboxylic acids is 1. The molecule has 2 rings (SSSR count). The summed E-state index contributed by atoms with van der Waals surface area (Å²) in [5, 5.41) is 9.19. The third kappa shape index (κ3) is 2.48. The van der Waals surface area contributed by atoms with Crippen LogP contribution >= 0.6 is 0 Å². The van der Waals surface area contributed by atoms with E-state index in [0.717, 1.165) is 11.1 Å². The van der Waals surface area contributed by atoms with Gasteiger partial charge in [0.25, 0.3) is 0 Å². The van der Waals surface area contributed by atoms with Gasteiger partial charge in [0.05, 0.1) is 0 Å². The number of rotatable bonds is 5. The van der Waals surface area contributed by atoms with E-state index in [1.165, 1.54) is 0 Å². The number of hydrogen-bond acceptors (Lipinski definition) is 2. The summed E-state index contributed by atoms with van der Waals surface area (Å²) in [5.41, 5.74) is 1.05. The van der Waals surface area contributed by atoms with Crippen LogP contribution in [0.5, 0.6) is 0 Å². The molecule has 4 nitrogen and oxygen atoms in total. The van der Waals surface area contributed by atoms with E-state index >= 15 is 0 Å². The van der Waals surface area contributed by atoms with Crippen LogP contribution in [0, 0.1) is 12.3 Å². The summed E-state index contributed by atoms with van der Waals surface area (Å²) in [6, 6.07) is 7.87. The molecule has 0 heterocycles. The largest absolute Gasteiger partial charge is 0.480 e. The SMILES string of the molecule is CCN(Cc1ccccc1C)C(=O)C1(C(=O)O)CC1. The van der Waals surface area contributed by atoms with Crippen molar-refractivity contribution in [1.29, 1.82) is 0 Å². The molecule has 0 spiro atoms. The first-order valence-corrected chi connectivity index (χ1v) is 6.58. The lowest BCUT2D eigenvalue weighted by Gasteiger charge is -2.25. The summed E-state index contributed by atoms with van der Waals surface area (Å²) in [6.45, 7) is 4.89. The molecule has 1 amide bonds. The lowest BCUT2D eigenvalue weighted by atomic mass is 10.0. The van der Waals surface area contributed by atoms with Crippen molar-refractivity contribution in [2.45, 2.75) is 33.2 Å². The Bertz CT molecular complexity index is 506. The Morgan fingerprint density at radius 1 is 1.32 bits per heavy atom. The summed E-state index contributed by atoms with van der Waals surface area (Å²) in [5.74, 6) is -1.23. The minimum Gasteiger partial charge on any atom is -0.480 e. The van der Waals surface area contributed by atoms with Gasteiger partial charge in [-0.15, -0.1) is 0 Å². The molecule has 0 aliphatic heterocycles. The van der Waals surface area contributed by atoms with Crippen molar-refractivity contribution in [1.82, 2.24) is 4.90 Å². The van der Waals surface area contributed by atoms with Crippen LogP contribution in [0.3, 0.4) is 0 Å². The first-order valence-electron chi connectivity index (χ1n) is 6.58. The van der Waals surface area contributed by atoms with Gasteiger partial charge in [0, 0.05) is 13.1 Å². The van der Waals surface area contributed by atoms with Crippen molar-refractivity contribution < 1.29 is 14.7 Å². The van der Waals surface area contributed by atoms with E-state index in [1.54, 1.807) is 4.90 Å². The fourth-order valence-corrected chi connectivity index (χ4v) is 2.27. The molecule has 1 aliphatic rings. The van der Waals surface area contributed by atoms with Crippen LogP contribution in [-0.2, 0) is 16.1 Å². The molecule has 0 bridgehead atoms. The number of nitrogens with zero attached hydrogens (tertiary/aromatic N) is 1. The van der Waals surface area contributed by atoms with E-state index < -0.39 is 11.4 Å². The molecule has 0 radical (unpaired) electrons.